The minimum absolute atomic E-state index is 0.263. The fraction of sp³-hybridized carbons (Fsp3) is 0.316. The molecule has 1 heterocycles. The summed E-state index contributed by atoms with van der Waals surface area (Å²) in [5.41, 5.74) is 8.83. The van der Waals surface area contributed by atoms with Gasteiger partial charge in [0.15, 0.2) is 0 Å². The van der Waals surface area contributed by atoms with Crippen molar-refractivity contribution in [1.29, 1.82) is 0 Å². The number of anilines is 3. The van der Waals surface area contributed by atoms with Crippen molar-refractivity contribution in [3.05, 3.63) is 42.0 Å². The molecule has 3 N–H and O–H groups in total. The molecular weight excluding hydrogens is 334 g/mol. The molecule has 0 aliphatic carbocycles. The number of amides is 1. The average molecular weight is 357 g/mol. The van der Waals surface area contributed by atoms with Crippen LogP contribution in [0.15, 0.2) is 36.4 Å². The molecule has 0 aromatic heterocycles. The van der Waals surface area contributed by atoms with E-state index >= 15 is 0 Å². The van der Waals surface area contributed by atoms with Crippen LogP contribution in [0.25, 0.3) is 0 Å². The average Bonchev–Trinajstić information content (AvgIpc) is 2.68. The molecule has 7 nitrogen and oxygen atoms in total. The van der Waals surface area contributed by atoms with Gasteiger partial charge in [0.05, 0.1) is 38.8 Å². The van der Waals surface area contributed by atoms with Crippen molar-refractivity contribution in [2.75, 3.05) is 56.5 Å². The third kappa shape index (κ3) is 4.00. The smallest absolute Gasteiger partial charge is 0.255 e. The first-order valence-corrected chi connectivity index (χ1v) is 8.37. The molecule has 0 spiro atoms. The first-order chi connectivity index (χ1) is 12.6. The van der Waals surface area contributed by atoms with E-state index in [1.807, 2.05) is 12.1 Å². The van der Waals surface area contributed by atoms with E-state index in [2.05, 4.69) is 10.2 Å². The van der Waals surface area contributed by atoms with E-state index in [0.29, 0.717) is 41.7 Å². The van der Waals surface area contributed by atoms with Crippen LogP contribution in [0.2, 0.25) is 0 Å². The topological polar surface area (TPSA) is 86.0 Å². The summed E-state index contributed by atoms with van der Waals surface area (Å²) in [7, 11) is 3.09. The minimum Gasteiger partial charge on any atom is -0.497 e. The van der Waals surface area contributed by atoms with Gasteiger partial charge in [-0.05, 0) is 30.3 Å². The molecule has 138 valence electrons. The number of ether oxygens (including phenoxy) is 3. The molecule has 0 saturated carbocycles. The SMILES string of the molecule is COc1cc(OC)cc(C(=O)Nc2ccc(N3CCOCC3)c(N)c2)c1. The summed E-state index contributed by atoms with van der Waals surface area (Å²) in [5, 5.41) is 2.86. The van der Waals surface area contributed by atoms with Crippen molar-refractivity contribution in [2.45, 2.75) is 0 Å². The van der Waals surface area contributed by atoms with Gasteiger partial charge in [-0.1, -0.05) is 0 Å². The number of nitrogens with one attached hydrogen (secondary N) is 1. The summed E-state index contributed by atoms with van der Waals surface area (Å²) in [6, 6.07) is 10.6. The third-order valence-corrected chi connectivity index (χ3v) is 4.25. The van der Waals surface area contributed by atoms with Crippen molar-refractivity contribution in [3.63, 3.8) is 0 Å². The molecule has 0 unspecified atom stereocenters. The number of methoxy groups -OCH3 is 2. The number of nitrogens with zero attached hydrogens (tertiary/aromatic N) is 1. The van der Waals surface area contributed by atoms with Gasteiger partial charge >= 0.3 is 0 Å². The molecule has 0 radical (unpaired) electrons. The molecule has 1 saturated heterocycles. The largest absolute Gasteiger partial charge is 0.497 e. The number of nitrogen functional groups attached to an aromatic ring is 1. The predicted octanol–water partition coefficient (Wildman–Crippen LogP) is 2.37. The van der Waals surface area contributed by atoms with Gasteiger partial charge in [0, 0.05) is 30.4 Å². The van der Waals surface area contributed by atoms with Crippen LogP contribution in [0.3, 0.4) is 0 Å². The number of rotatable bonds is 5. The van der Waals surface area contributed by atoms with E-state index < -0.39 is 0 Å². The Labute approximate surface area is 152 Å². The van der Waals surface area contributed by atoms with Crippen LogP contribution in [0.5, 0.6) is 11.5 Å². The molecule has 1 amide bonds. The molecule has 0 bridgehead atoms. The van der Waals surface area contributed by atoms with Gasteiger partial charge < -0.3 is 30.2 Å². The maximum Gasteiger partial charge on any atom is 0.255 e. The highest BCUT2D eigenvalue weighted by Crippen LogP contribution is 2.28. The fourth-order valence-electron chi connectivity index (χ4n) is 2.87. The van der Waals surface area contributed by atoms with Crippen molar-refractivity contribution in [2.24, 2.45) is 0 Å². The Kier molecular flexibility index (Phi) is 5.48. The Morgan fingerprint density at radius 1 is 1.08 bits per heavy atom. The van der Waals surface area contributed by atoms with Crippen LogP contribution in [0.1, 0.15) is 10.4 Å². The lowest BCUT2D eigenvalue weighted by molar-refractivity contribution is 0.102. The number of benzene rings is 2. The van der Waals surface area contributed by atoms with Crippen molar-refractivity contribution < 1.29 is 19.0 Å². The first kappa shape index (κ1) is 17.9. The molecule has 26 heavy (non-hydrogen) atoms. The Morgan fingerprint density at radius 2 is 1.73 bits per heavy atom. The van der Waals surface area contributed by atoms with E-state index in [1.54, 1.807) is 38.5 Å². The van der Waals surface area contributed by atoms with E-state index in [1.165, 1.54) is 0 Å². The van der Waals surface area contributed by atoms with E-state index in [9.17, 15) is 4.79 Å². The van der Waals surface area contributed by atoms with Crippen LogP contribution in [-0.4, -0.2) is 46.4 Å². The zero-order valence-corrected chi connectivity index (χ0v) is 15.0. The zero-order valence-electron chi connectivity index (χ0n) is 15.0. The minimum atomic E-state index is -0.263. The molecule has 1 aliphatic rings. The molecule has 2 aromatic carbocycles. The van der Waals surface area contributed by atoms with Gasteiger partial charge in [-0.2, -0.15) is 0 Å². The lowest BCUT2D eigenvalue weighted by atomic mass is 10.1. The summed E-state index contributed by atoms with van der Waals surface area (Å²) >= 11 is 0. The summed E-state index contributed by atoms with van der Waals surface area (Å²) in [6.45, 7) is 2.99. The maximum absolute atomic E-state index is 12.6. The molecule has 7 heteroatoms. The van der Waals surface area contributed by atoms with E-state index in [4.69, 9.17) is 19.9 Å². The number of hydrogen-bond acceptors (Lipinski definition) is 6. The Bertz CT molecular complexity index is 766. The van der Waals surface area contributed by atoms with Gasteiger partial charge in [0.1, 0.15) is 11.5 Å². The second-order valence-corrected chi connectivity index (χ2v) is 5.93. The third-order valence-electron chi connectivity index (χ3n) is 4.25. The van der Waals surface area contributed by atoms with E-state index in [0.717, 1.165) is 18.8 Å². The molecule has 0 atom stereocenters. The number of carbonyl (C=O) groups excluding carboxylic acids is 1. The standard InChI is InChI=1S/C19H23N3O4/c1-24-15-9-13(10-16(12-15)25-2)19(23)21-14-3-4-18(17(20)11-14)22-5-7-26-8-6-22/h3-4,9-12H,5-8,20H2,1-2H3,(H,21,23). The number of morpholine rings is 1. The lowest BCUT2D eigenvalue weighted by Crippen LogP contribution is -2.36. The highest BCUT2D eigenvalue weighted by molar-refractivity contribution is 6.05. The van der Waals surface area contributed by atoms with Crippen LogP contribution in [-0.2, 0) is 4.74 Å². The molecule has 3 rings (SSSR count). The number of nitrogens with two attached hydrogens (primary N) is 1. The monoisotopic (exact) mass is 357 g/mol. The van der Waals surface area contributed by atoms with Crippen LogP contribution in [0.4, 0.5) is 17.1 Å². The molecule has 2 aromatic rings. The molecular formula is C19H23N3O4. The molecule has 1 aliphatic heterocycles. The van der Waals surface area contributed by atoms with Crippen LogP contribution < -0.4 is 25.4 Å². The molecule has 1 fully saturated rings. The van der Waals surface area contributed by atoms with Gasteiger partial charge in [-0.3, -0.25) is 4.79 Å². The van der Waals surface area contributed by atoms with E-state index in [-0.39, 0.29) is 5.91 Å². The van der Waals surface area contributed by atoms with Gasteiger partial charge in [0.25, 0.3) is 5.91 Å². The van der Waals surface area contributed by atoms with Crippen LogP contribution in [0, 0.1) is 0 Å². The Hall–Kier alpha value is -2.93. The highest BCUT2D eigenvalue weighted by atomic mass is 16.5. The second-order valence-electron chi connectivity index (χ2n) is 5.93. The normalized spacial score (nSPS) is 14.0. The van der Waals surface area contributed by atoms with Crippen LogP contribution >= 0.6 is 0 Å². The number of carbonyl (C=O) groups is 1. The number of hydrogen-bond donors (Lipinski definition) is 2. The zero-order chi connectivity index (χ0) is 18.5. The van der Waals surface area contributed by atoms with Crippen molar-refractivity contribution >= 4 is 23.0 Å². The van der Waals surface area contributed by atoms with Gasteiger partial charge in [0.2, 0.25) is 0 Å². The van der Waals surface area contributed by atoms with Crippen molar-refractivity contribution in [3.8, 4) is 11.5 Å². The summed E-state index contributed by atoms with van der Waals surface area (Å²) in [6.07, 6.45) is 0. The highest BCUT2D eigenvalue weighted by Gasteiger charge is 2.15. The van der Waals surface area contributed by atoms with Gasteiger partial charge in [-0.15, -0.1) is 0 Å². The maximum atomic E-state index is 12.6. The van der Waals surface area contributed by atoms with Crippen molar-refractivity contribution in [1.82, 2.24) is 0 Å². The Morgan fingerprint density at radius 3 is 2.31 bits per heavy atom. The summed E-state index contributed by atoms with van der Waals surface area (Å²) in [4.78, 5) is 14.7. The fourth-order valence-corrected chi connectivity index (χ4v) is 2.87. The first-order valence-electron chi connectivity index (χ1n) is 8.37. The summed E-state index contributed by atoms with van der Waals surface area (Å²) < 4.78 is 15.8. The second kappa shape index (κ2) is 7.97. The lowest BCUT2D eigenvalue weighted by Gasteiger charge is -2.30. The van der Waals surface area contributed by atoms with Gasteiger partial charge in [-0.25, -0.2) is 0 Å². The summed E-state index contributed by atoms with van der Waals surface area (Å²) in [5.74, 6) is 0.842. The Balaban J connectivity index is 1.76. The predicted molar refractivity (Wildman–Crippen MR) is 101 cm³/mol. The quantitative estimate of drug-likeness (QED) is 0.799.